The average Bonchev–Trinajstić information content (AvgIpc) is 3.07. The van der Waals surface area contributed by atoms with Crippen LogP contribution in [0.3, 0.4) is 0 Å². The third-order valence-electron chi connectivity index (χ3n) is 5.73. The SMILES string of the molecule is Cc1c(CC(=O)NC(CCC(=O)O)CC2CCCCC2)nnn1-c1ccccc1. The molecule has 1 fully saturated rings. The number of carbonyl (C=O) groups excluding carboxylic acids is 1. The summed E-state index contributed by atoms with van der Waals surface area (Å²) in [4.78, 5) is 23.7. The number of carbonyl (C=O) groups is 2. The van der Waals surface area contributed by atoms with Crippen LogP contribution in [0.1, 0.15) is 62.8 Å². The van der Waals surface area contributed by atoms with Crippen LogP contribution in [0, 0.1) is 12.8 Å². The topological polar surface area (TPSA) is 97.1 Å². The Balaban J connectivity index is 1.61. The maximum Gasteiger partial charge on any atom is 0.303 e. The minimum Gasteiger partial charge on any atom is -0.481 e. The highest BCUT2D eigenvalue weighted by Gasteiger charge is 2.22. The standard InChI is InChI=1S/C22H30N4O3/c1-16-20(24-25-26(16)19-10-6-3-7-11-19)15-21(27)23-18(12-13-22(28)29)14-17-8-4-2-5-9-17/h3,6-7,10-11,17-18H,2,4-5,8-9,12-15H2,1H3,(H,23,27)(H,28,29). The van der Waals surface area contributed by atoms with E-state index < -0.39 is 5.97 Å². The van der Waals surface area contributed by atoms with Gasteiger partial charge in [-0.25, -0.2) is 4.68 Å². The molecule has 7 heteroatoms. The first kappa shape index (κ1) is 21.0. The lowest BCUT2D eigenvalue weighted by Gasteiger charge is -2.27. The summed E-state index contributed by atoms with van der Waals surface area (Å²) >= 11 is 0. The highest BCUT2D eigenvalue weighted by Crippen LogP contribution is 2.28. The van der Waals surface area contributed by atoms with Gasteiger partial charge in [-0.1, -0.05) is 55.5 Å². The number of carboxylic acid groups (broad SMARTS) is 1. The van der Waals surface area contributed by atoms with Gasteiger partial charge < -0.3 is 10.4 Å². The number of nitrogens with zero attached hydrogens (tertiary/aromatic N) is 3. The molecule has 3 rings (SSSR count). The fourth-order valence-electron chi connectivity index (χ4n) is 4.14. The maximum absolute atomic E-state index is 12.7. The van der Waals surface area contributed by atoms with E-state index in [0.717, 1.165) is 17.8 Å². The van der Waals surface area contributed by atoms with Gasteiger partial charge in [0.15, 0.2) is 0 Å². The zero-order valence-corrected chi connectivity index (χ0v) is 17.0. The fourth-order valence-corrected chi connectivity index (χ4v) is 4.14. The largest absolute Gasteiger partial charge is 0.481 e. The summed E-state index contributed by atoms with van der Waals surface area (Å²) in [5.74, 6) is -0.377. The third-order valence-corrected chi connectivity index (χ3v) is 5.73. The highest BCUT2D eigenvalue weighted by molar-refractivity contribution is 5.78. The minimum atomic E-state index is -0.824. The van der Waals surface area contributed by atoms with Crippen LogP contribution >= 0.6 is 0 Å². The van der Waals surface area contributed by atoms with Crippen molar-refractivity contribution in [3.63, 3.8) is 0 Å². The molecule has 1 aliphatic carbocycles. The van der Waals surface area contributed by atoms with Crippen molar-refractivity contribution in [1.82, 2.24) is 20.3 Å². The highest BCUT2D eigenvalue weighted by atomic mass is 16.4. The molecule has 1 saturated carbocycles. The van der Waals surface area contributed by atoms with Crippen molar-refractivity contribution in [2.75, 3.05) is 0 Å². The molecule has 0 bridgehead atoms. The van der Waals surface area contributed by atoms with Gasteiger partial charge in [-0.2, -0.15) is 0 Å². The number of rotatable bonds is 9. The summed E-state index contributed by atoms with van der Waals surface area (Å²) in [6.07, 6.45) is 7.61. The first-order chi connectivity index (χ1) is 14.0. The molecule has 7 nitrogen and oxygen atoms in total. The molecule has 1 heterocycles. The summed E-state index contributed by atoms with van der Waals surface area (Å²) < 4.78 is 1.73. The number of para-hydroxylation sites is 1. The lowest BCUT2D eigenvalue weighted by Crippen LogP contribution is -2.38. The van der Waals surface area contributed by atoms with Crippen molar-refractivity contribution in [2.45, 2.75) is 70.8 Å². The van der Waals surface area contributed by atoms with E-state index in [1.54, 1.807) is 4.68 Å². The van der Waals surface area contributed by atoms with Crippen LogP contribution in [0.5, 0.6) is 0 Å². The van der Waals surface area contributed by atoms with Crippen molar-refractivity contribution in [3.8, 4) is 5.69 Å². The van der Waals surface area contributed by atoms with Gasteiger partial charge in [-0.3, -0.25) is 9.59 Å². The molecule has 1 aromatic heterocycles. The Hall–Kier alpha value is -2.70. The number of aromatic nitrogens is 3. The molecule has 1 unspecified atom stereocenters. The predicted molar refractivity (Wildman–Crippen MR) is 110 cm³/mol. The first-order valence-corrected chi connectivity index (χ1v) is 10.5. The van der Waals surface area contributed by atoms with Crippen LogP contribution < -0.4 is 5.32 Å². The van der Waals surface area contributed by atoms with Crippen molar-refractivity contribution in [1.29, 1.82) is 0 Å². The smallest absolute Gasteiger partial charge is 0.303 e. The molecule has 2 aromatic rings. The second-order valence-electron chi connectivity index (χ2n) is 7.98. The molecule has 0 aliphatic heterocycles. The van der Waals surface area contributed by atoms with Gasteiger partial charge in [0, 0.05) is 12.5 Å². The van der Waals surface area contributed by atoms with E-state index in [4.69, 9.17) is 5.11 Å². The van der Waals surface area contributed by atoms with Crippen molar-refractivity contribution in [2.24, 2.45) is 5.92 Å². The van der Waals surface area contributed by atoms with E-state index in [1.165, 1.54) is 32.1 Å². The van der Waals surface area contributed by atoms with Gasteiger partial charge in [-0.15, -0.1) is 5.10 Å². The number of hydrogen-bond acceptors (Lipinski definition) is 4. The zero-order valence-electron chi connectivity index (χ0n) is 17.0. The minimum absolute atomic E-state index is 0.0703. The predicted octanol–water partition coefficient (Wildman–Crippen LogP) is 3.44. The number of nitrogens with one attached hydrogen (secondary N) is 1. The quantitative estimate of drug-likeness (QED) is 0.674. The lowest BCUT2D eigenvalue weighted by molar-refractivity contribution is -0.137. The summed E-state index contributed by atoms with van der Waals surface area (Å²) in [5.41, 5.74) is 2.38. The van der Waals surface area contributed by atoms with Gasteiger partial charge in [0.1, 0.15) is 0 Å². The zero-order chi connectivity index (χ0) is 20.6. The number of amides is 1. The van der Waals surface area contributed by atoms with E-state index in [2.05, 4.69) is 15.6 Å². The number of carboxylic acids is 1. The molecule has 1 amide bonds. The van der Waals surface area contributed by atoms with E-state index in [0.29, 0.717) is 18.0 Å². The summed E-state index contributed by atoms with van der Waals surface area (Å²) in [5, 5.41) is 20.5. The molecule has 156 valence electrons. The van der Waals surface area contributed by atoms with Gasteiger partial charge in [-0.05, 0) is 37.8 Å². The molecule has 2 N–H and O–H groups in total. The van der Waals surface area contributed by atoms with Gasteiger partial charge >= 0.3 is 5.97 Å². The summed E-state index contributed by atoms with van der Waals surface area (Å²) in [6.45, 7) is 1.90. The number of hydrogen-bond donors (Lipinski definition) is 2. The molecule has 1 aromatic carbocycles. The Morgan fingerprint density at radius 2 is 1.93 bits per heavy atom. The molecular formula is C22H30N4O3. The van der Waals surface area contributed by atoms with Crippen molar-refractivity contribution >= 4 is 11.9 Å². The Labute approximate surface area is 171 Å². The Bertz CT molecular complexity index is 813. The first-order valence-electron chi connectivity index (χ1n) is 10.5. The molecular weight excluding hydrogens is 368 g/mol. The monoisotopic (exact) mass is 398 g/mol. The van der Waals surface area contributed by atoms with E-state index >= 15 is 0 Å². The molecule has 1 aliphatic rings. The van der Waals surface area contributed by atoms with Crippen LogP contribution in [-0.2, 0) is 16.0 Å². The molecule has 0 saturated heterocycles. The van der Waals surface area contributed by atoms with Crippen LogP contribution in [-0.4, -0.2) is 38.0 Å². The average molecular weight is 399 g/mol. The molecule has 0 radical (unpaired) electrons. The van der Waals surface area contributed by atoms with E-state index in [1.807, 2.05) is 37.3 Å². The second kappa shape index (κ2) is 10.2. The lowest BCUT2D eigenvalue weighted by atomic mass is 9.84. The molecule has 0 spiro atoms. The van der Waals surface area contributed by atoms with Crippen LogP contribution in [0.25, 0.3) is 5.69 Å². The Morgan fingerprint density at radius 1 is 1.21 bits per heavy atom. The summed E-state index contributed by atoms with van der Waals surface area (Å²) in [7, 11) is 0. The molecule has 1 atom stereocenters. The number of benzene rings is 1. The second-order valence-corrected chi connectivity index (χ2v) is 7.98. The van der Waals surface area contributed by atoms with Gasteiger partial charge in [0.2, 0.25) is 5.91 Å². The maximum atomic E-state index is 12.7. The normalized spacial score (nSPS) is 15.8. The van der Waals surface area contributed by atoms with E-state index in [-0.39, 0.29) is 24.8 Å². The fraction of sp³-hybridized carbons (Fsp3) is 0.545. The van der Waals surface area contributed by atoms with Crippen LogP contribution in [0.2, 0.25) is 0 Å². The summed E-state index contributed by atoms with van der Waals surface area (Å²) in [6, 6.07) is 9.58. The number of aliphatic carboxylic acids is 1. The molecule has 29 heavy (non-hydrogen) atoms. The van der Waals surface area contributed by atoms with Crippen LogP contribution in [0.4, 0.5) is 0 Å². The van der Waals surface area contributed by atoms with Crippen LogP contribution in [0.15, 0.2) is 30.3 Å². The third kappa shape index (κ3) is 6.14. The van der Waals surface area contributed by atoms with Gasteiger partial charge in [0.05, 0.1) is 23.5 Å². The van der Waals surface area contributed by atoms with Crippen molar-refractivity contribution < 1.29 is 14.7 Å². The Morgan fingerprint density at radius 3 is 2.62 bits per heavy atom. The Kier molecular flexibility index (Phi) is 7.38. The van der Waals surface area contributed by atoms with Crippen molar-refractivity contribution in [3.05, 3.63) is 41.7 Å². The van der Waals surface area contributed by atoms with Gasteiger partial charge in [0.25, 0.3) is 0 Å². The van der Waals surface area contributed by atoms with E-state index in [9.17, 15) is 9.59 Å².